The molecule has 0 radical (unpaired) electrons. The number of nitrogens with one attached hydrogen (secondary N) is 2. The lowest BCUT2D eigenvalue weighted by Gasteiger charge is -2.27. The summed E-state index contributed by atoms with van der Waals surface area (Å²) < 4.78 is 81.5. The van der Waals surface area contributed by atoms with Gasteiger partial charge in [0.1, 0.15) is 16.5 Å². The number of H-pyrrole nitrogens is 1. The van der Waals surface area contributed by atoms with Crippen molar-refractivity contribution in [2.45, 2.75) is 37.0 Å². The molecule has 1 aromatic heterocycles. The number of aromatic amines is 1. The van der Waals surface area contributed by atoms with Gasteiger partial charge < -0.3 is 4.98 Å². The Labute approximate surface area is 152 Å². The van der Waals surface area contributed by atoms with E-state index in [4.69, 9.17) is 11.6 Å². The molecule has 10 heteroatoms. The molecule has 1 aliphatic carbocycles. The molecule has 0 saturated heterocycles. The van der Waals surface area contributed by atoms with Gasteiger partial charge in [-0.2, -0.15) is 0 Å². The molecule has 2 aromatic rings. The maximum absolute atomic E-state index is 13.9. The van der Waals surface area contributed by atoms with Gasteiger partial charge in [-0.3, -0.25) is 4.72 Å². The number of hydrogen-bond acceptors (Lipinski definition) is 2. The van der Waals surface area contributed by atoms with Gasteiger partial charge in [-0.25, -0.2) is 26.0 Å². The molecule has 1 aromatic carbocycles. The lowest BCUT2D eigenvalue weighted by atomic mass is 9.84. The summed E-state index contributed by atoms with van der Waals surface area (Å²) in [5.41, 5.74) is 0.203. The first kappa shape index (κ1) is 19.0. The number of rotatable bonds is 4. The van der Waals surface area contributed by atoms with Crippen molar-refractivity contribution in [1.82, 2.24) is 4.98 Å². The van der Waals surface area contributed by atoms with E-state index < -0.39 is 44.2 Å². The van der Waals surface area contributed by atoms with Crippen molar-refractivity contribution in [3.8, 4) is 0 Å². The third-order valence-corrected chi connectivity index (χ3v) is 6.21. The second-order valence-corrected chi connectivity index (χ2v) is 8.42. The van der Waals surface area contributed by atoms with Crippen molar-refractivity contribution in [1.29, 1.82) is 0 Å². The van der Waals surface area contributed by atoms with E-state index in [0.29, 0.717) is 23.4 Å². The summed E-state index contributed by atoms with van der Waals surface area (Å²) in [6.45, 7) is 0.836. The summed E-state index contributed by atoms with van der Waals surface area (Å²) in [5, 5.41) is -0.476. The molecule has 0 fully saturated rings. The Morgan fingerprint density at radius 1 is 1.27 bits per heavy atom. The summed E-state index contributed by atoms with van der Waals surface area (Å²) in [7, 11) is -4.24. The molecule has 1 unspecified atom stereocenters. The smallest absolute Gasteiger partial charge is 0.263 e. The van der Waals surface area contributed by atoms with E-state index in [1.54, 1.807) is 0 Å². The van der Waals surface area contributed by atoms with Gasteiger partial charge in [-0.1, -0.05) is 11.6 Å². The van der Waals surface area contributed by atoms with Crippen LogP contribution in [-0.2, 0) is 22.9 Å². The van der Waals surface area contributed by atoms with E-state index >= 15 is 0 Å². The van der Waals surface area contributed by atoms with Gasteiger partial charge in [0.2, 0.25) is 5.92 Å². The van der Waals surface area contributed by atoms with Crippen LogP contribution in [0.2, 0.25) is 5.02 Å². The molecule has 142 valence electrons. The first-order valence-electron chi connectivity index (χ1n) is 7.73. The quantitative estimate of drug-likeness (QED) is 0.575. The van der Waals surface area contributed by atoms with E-state index in [1.807, 2.05) is 4.72 Å². The fraction of sp³-hybridized carbons (Fsp3) is 0.375. The SMILES string of the molecule is CC(F)(F)C1CCc2c(S(=O)(=O)Nc3cc(F)c(Cl)cc3F)c[nH]c2C1. The molecule has 0 bridgehead atoms. The first-order chi connectivity index (χ1) is 12.0. The molecule has 0 spiro atoms. The Morgan fingerprint density at radius 2 is 1.96 bits per heavy atom. The number of halogens is 5. The maximum Gasteiger partial charge on any atom is 0.263 e. The molecule has 1 atom stereocenters. The number of sulfonamides is 1. The van der Waals surface area contributed by atoms with E-state index in [1.165, 1.54) is 6.20 Å². The fourth-order valence-corrected chi connectivity index (χ4v) is 4.54. The highest BCUT2D eigenvalue weighted by Crippen LogP contribution is 2.38. The molecule has 26 heavy (non-hydrogen) atoms. The van der Waals surface area contributed by atoms with Crippen LogP contribution >= 0.6 is 11.6 Å². The minimum atomic E-state index is -4.24. The van der Waals surface area contributed by atoms with Crippen LogP contribution in [0, 0.1) is 17.6 Å². The topological polar surface area (TPSA) is 62.0 Å². The number of hydrogen-bond donors (Lipinski definition) is 2. The van der Waals surface area contributed by atoms with Gasteiger partial charge in [-0.15, -0.1) is 0 Å². The Kier molecular flexibility index (Phi) is 4.72. The Balaban J connectivity index is 1.91. The lowest BCUT2D eigenvalue weighted by Crippen LogP contribution is -2.30. The molecule has 0 amide bonds. The van der Waals surface area contributed by atoms with Crippen LogP contribution in [0.1, 0.15) is 24.6 Å². The van der Waals surface area contributed by atoms with Crippen LogP contribution in [0.3, 0.4) is 0 Å². The third-order valence-electron chi connectivity index (χ3n) is 4.49. The zero-order valence-electron chi connectivity index (χ0n) is 13.5. The summed E-state index contributed by atoms with van der Waals surface area (Å²) >= 11 is 5.44. The molecule has 1 aliphatic rings. The van der Waals surface area contributed by atoms with Gasteiger partial charge >= 0.3 is 0 Å². The summed E-state index contributed by atoms with van der Waals surface area (Å²) in [6, 6.07) is 1.30. The van der Waals surface area contributed by atoms with Gasteiger partial charge in [0, 0.05) is 23.9 Å². The van der Waals surface area contributed by atoms with Gasteiger partial charge in [0.05, 0.1) is 10.7 Å². The van der Waals surface area contributed by atoms with Crippen LogP contribution in [0.4, 0.5) is 23.2 Å². The minimum absolute atomic E-state index is 0.0122. The Bertz CT molecular complexity index is 954. The number of benzene rings is 1. The van der Waals surface area contributed by atoms with E-state index in [9.17, 15) is 26.0 Å². The predicted molar refractivity (Wildman–Crippen MR) is 89.1 cm³/mol. The van der Waals surface area contributed by atoms with Gasteiger partial charge in [-0.05, 0) is 37.8 Å². The molecular weight excluding hydrogens is 396 g/mol. The molecule has 1 heterocycles. The van der Waals surface area contributed by atoms with Crippen molar-refractivity contribution in [2.75, 3.05) is 4.72 Å². The molecule has 4 nitrogen and oxygen atoms in total. The second kappa shape index (κ2) is 6.45. The van der Waals surface area contributed by atoms with Crippen LogP contribution in [0.5, 0.6) is 0 Å². The monoisotopic (exact) mass is 410 g/mol. The third kappa shape index (κ3) is 3.55. The van der Waals surface area contributed by atoms with Crippen molar-refractivity contribution in [3.05, 3.63) is 46.2 Å². The summed E-state index contributed by atoms with van der Waals surface area (Å²) in [4.78, 5) is 2.55. The zero-order valence-corrected chi connectivity index (χ0v) is 15.1. The lowest BCUT2D eigenvalue weighted by molar-refractivity contribution is -0.0448. The van der Waals surface area contributed by atoms with Crippen LogP contribution in [0.25, 0.3) is 0 Å². The van der Waals surface area contributed by atoms with Crippen LogP contribution in [0.15, 0.2) is 23.2 Å². The maximum atomic E-state index is 13.9. The largest absolute Gasteiger partial charge is 0.363 e. The van der Waals surface area contributed by atoms with E-state index in [-0.39, 0.29) is 24.2 Å². The average Bonchev–Trinajstić information content (AvgIpc) is 2.95. The number of alkyl halides is 2. The highest BCUT2D eigenvalue weighted by atomic mass is 35.5. The fourth-order valence-electron chi connectivity index (χ4n) is 3.07. The second-order valence-electron chi connectivity index (χ2n) is 6.36. The molecule has 0 saturated carbocycles. The highest BCUT2D eigenvalue weighted by Gasteiger charge is 2.38. The van der Waals surface area contributed by atoms with Crippen LogP contribution < -0.4 is 4.72 Å². The number of fused-ring (bicyclic) bond motifs is 1. The average molecular weight is 411 g/mol. The van der Waals surface area contributed by atoms with E-state index in [2.05, 4.69) is 4.98 Å². The molecule has 0 aliphatic heterocycles. The summed E-state index contributed by atoms with van der Waals surface area (Å²) in [6.07, 6.45) is 1.45. The predicted octanol–water partition coefficient (Wildman–Crippen LogP) is 4.51. The Morgan fingerprint density at radius 3 is 2.62 bits per heavy atom. The highest BCUT2D eigenvalue weighted by molar-refractivity contribution is 7.92. The van der Waals surface area contributed by atoms with Gasteiger partial charge in [0.25, 0.3) is 10.0 Å². The molecular formula is C16H15ClF4N2O2S. The van der Waals surface area contributed by atoms with E-state index in [0.717, 1.165) is 6.92 Å². The summed E-state index contributed by atoms with van der Waals surface area (Å²) in [5.74, 6) is -5.77. The number of aromatic nitrogens is 1. The van der Waals surface area contributed by atoms with Gasteiger partial charge in [0.15, 0.2) is 0 Å². The minimum Gasteiger partial charge on any atom is -0.363 e. The normalized spacial score (nSPS) is 17.8. The van der Waals surface area contributed by atoms with Crippen molar-refractivity contribution < 1.29 is 26.0 Å². The first-order valence-corrected chi connectivity index (χ1v) is 9.59. The standard InChI is InChI=1S/C16H15ClF4N2O2S/c1-16(20,21)8-2-3-9-13(4-8)22-7-15(9)26(24,25)23-14-6-11(18)10(17)5-12(14)19/h5-8,22-23H,2-4H2,1H3. The zero-order chi connectivity index (χ0) is 19.3. The van der Waals surface area contributed by atoms with Crippen molar-refractivity contribution in [3.63, 3.8) is 0 Å². The number of anilines is 1. The molecule has 3 rings (SSSR count). The molecule has 2 N–H and O–H groups in total. The van der Waals surface area contributed by atoms with Crippen LogP contribution in [-0.4, -0.2) is 19.3 Å². The van der Waals surface area contributed by atoms with Crippen molar-refractivity contribution in [2.24, 2.45) is 5.92 Å². The Hall–Kier alpha value is -1.74. The van der Waals surface area contributed by atoms with Crippen molar-refractivity contribution >= 4 is 27.3 Å².